The van der Waals surface area contributed by atoms with Gasteiger partial charge in [-0.05, 0) is 37.6 Å². The van der Waals surface area contributed by atoms with Gasteiger partial charge in [-0.1, -0.05) is 6.92 Å². The van der Waals surface area contributed by atoms with Crippen LogP contribution in [0.25, 0.3) is 0 Å². The number of methoxy groups -OCH3 is 1. The average molecular weight is 323 g/mol. The topological polar surface area (TPSA) is 72.5 Å². The predicted octanol–water partition coefficient (Wildman–Crippen LogP) is 2.90. The monoisotopic (exact) mass is 323 g/mol. The van der Waals surface area contributed by atoms with E-state index in [0.29, 0.717) is 17.7 Å². The summed E-state index contributed by atoms with van der Waals surface area (Å²) in [6.45, 7) is 3.70. The third-order valence-corrected chi connectivity index (χ3v) is 4.09. The summed E-state index contributed by atoms with van der Waals surface area (Å²) in [7, 11) is 1.32. The van der Waals surface area contributed by atoms with Crippen LogP contribution in [0.1, 0.15) is 37.0 Å². The number of esters is 1. The molecule has 0 aromatic heterocycles. The molecule has 0 aliphatic heterocycles. The SMILES string of the molecule is CCCC(=O)Nc1ccc(C(=O)C(C)SCC(=O)OC)cc1. The van der Waals surface area contributed by atoms with Gasteiger partial charge in [0.05, 0.1) is 18.1 Å². The lowest BCUT2D eigenvalue weighted by Crippen LogP contribution is -2.17. The van der Waals surface area contributed by atoms with Crippen LogP contribution in [0.15, 0.2) is 24.3 Å². The van der Waals surface area contributed by atoms with Crippen molar-refractivity contribution in [2.24, 2.45) is 0 Å². The minimum atomic E-state index is -0.348. The van der Waals surface area contributed by atoms with E-state index in [1.807, 2.05) is 6.92 Å². The van der Waals surface area contributed by atoms with E-state index in [1.54, 1.807) is 31.2 Å². The summed E-state index contributed by atoms with van der Waals surface area (Å²) in [5.41, 5.74) is 1.23. The van der Waals surface area contributed by atoms with Crippen LogP contribution in [0.5, 0.6) is 0 Å². The highest BCUT2D eigenvalue weighted by Crippen LogP contribution is 2.18. The normalized spacial score (nSPS) is 11.6. The molecule has 0 fully saturated rings. The van der Waals surface area contributed by atoms with Crippen molar-refractivity contribution in [1.82, 2.24) is 0 Å². The first-order chi connectivity index (χ1) is 10.5. The molecule has 5 nitrogen and oxygen atoms in total. The van der Waals surface area contributed by atoms with Gasteiger partial charge in [-0.15, -0.1) is 11.8 Å². The third kappa shape index (κ3) is 5.89. The number of carbonyl (C=O) groups excluding carboxylic acids is 3. The van der Waals surface area contributed by atoms with Crippen LogP contribution in [-0.2, 0) is 14.3 Å². The van der Waals surface area contributed by atoms with Crippen molar-refractivity contribution in [2.75, 3.05) is 18.2 Å². The standard InChI is InChI=1S/C16H21NO4S/c1-4-5-14(18)17-13-8-6-12(7-9-13)16(20)11(2)22-10-15(19)21-3/h6-9,11H,4-5,10H2,1-3H3,(H,17,18). The number of anilines is 1. The lowest BCUT2D eigenvalue weighted by atomic mass is 10.1. The van der Waals surface area contributed by atoms with Crippen LogP contribution >= 0.6 is 11.8 Å². The summed E-state index contributed by atoms with van der Waals surface area (Å²) < 4.78 is 4.55. The first-order valence-corrected chi connectivity index (χ1v) is 8.15. The second-order valence-electron chi connectivity index (χ2n) is 4.77. The van der Waals surface area contributed by atoms with Gasteiger partial charge < -0.3 is 10.1 Å². The average Bonchev–Trinajstić information content (AvgIpc) is 2.52. The Bertz CT molecular complexity index is 527. The Kier molecular flexibility index (Phi) is 7.66. The van der Waals surface area contributed by atoms with Crippen LogP contribution in [-0.4, -0.2) is 35.8 Å². The Labute approximate surface area is 134 Å². The van der Waals surface area contributed by atoms with Crippen LogP contribution in [0.3, 0.4) is 0 Å². The van der Waals surface area contributed by atoms with E-state index in [1.165, 1.54) is 18.9 Å². The molecule has 0 saturated carbocycles. The number of ketones is 1. The van der Waals surface area contributed by atoms with E-state index < -0.39 is 0 Å². The van der Waals surface area contributed by atoms with Crippen molar-refractivity contribution in [2.45, 2.75) is 31.9 Å². The number of hydrogen-bond donors (Lipinski definition) is 1. The minimum Gasteiger partial charge on any atom is -0.468 e. The Morgan fingerprint density at radius 1 is 1.23 bits per heavy atom. The number of Topliss-reactive ketones (excluding diaryl/α,β-unsaturated/α-hetero) is 1. The van der Waals surface area contributed by atoms with Gasteiger partial charge in [0.15, 0.2) is 5.78 Å². The van der Waals surface area contributed by atoms with Crippen LogP contribution < -0.4 is 5.32 Å². The smallest absolute Gasteiger partial charge is 0.315 e. The van der Waals surface area contributed by atoms with Gasteiger partial charge in [-0.3, -0.25) is 14.4 Å². The second-order valence-corrected chi connectivity index (χ2v) is 6.10. The van der Waals surface area contributed by atoms with Gasteiger partial charge in [0.25, 0.3) is 0 Å². The molecule has 1 amide bonds. The Hall–Kier alpha value is -1.82. The zero-order valence-corrected chi connectivity index (χ0v) is 13.9. The predicted molar refractivity (Wildman–Crippen MR) is 88.2 cm³/mol. The van der Waals surface area contributed by atoms with Crippen molar-refractivity contribution in [3.8, 4) is 0 Å². The molecule has 0 aliphatic carbocycles. The van der Waals surface area contributed by atoms with Gasteiger partial charge in [0.2, 0.25) is 5.91 Å². The van der Waals surface area contributed by atoms with Gasteiger partial charge >= 0.3 is 5.97 Å². The molecule has 1 unspecified atom stereocenters. The number of benzene rings is 1. The molecule has 1 N–H and O–H groups in total. The van der Waals surface area contributed by atoms with E-state index >= 15 is 0 Å². The zero-order valence-electron chi connectivity index (χ0n) is 13.0. The van der Waals surface area contributed by atoms with Crippen LogP contribution in [0.2, 0.25) is 0 Å². The van der Waals surface area contributed by atoms with Crippen LogP contribution in [0.4, 0.5) is 5.69 Å². The van der Waals surface area contributed by atoms with Crippen molar-refractivity contribution in [3.63, 3.8) is 0 Å². The highest BCUT2D eigenvalue weighted by Gasteiger charge is 2.17. The molecule has 22 heavy (non-hydrogen) atoms. The zero-order chi connectivity index (χ0) is 16.5. The summed E-state index contributed by atoms with van der Waals surface area (Å²) in [6.07, 6.45) is 1.26. The van der Waals surface area contributed by atoms with E-state index in [9.17, 15) is 14.4 Å². The van der Waals surface area contributed by atoms with Gasteiger partial charge in [0, 0.05) is 17.7 Å². The van der Waals surface area contributed by atoms with E-state index in [0.717, 1.165) is 6.42 Å². The fraction of sp³-hybridized carbons (Fsp3) is 0.438. The molecule has 0 saturated heterocycles. The fourth-order valence-corrected chi connectivity index (χ4v) is 2.52. The maximum atomic E-state index is 12.2. The van der Waals surface area contributed by atoms with Gasteiger partial charge in [0.1, 0.15) is 0 Å². The largest absolute Gasteiger partial charge is 0.468 e. The van der Waals surface area contributed by atoms with Gasteiger partial charge in [-0.25, -0.2) is 0 Å². The molecular formula is C16H21NO4S. The minimum absolute atomic E-state index is 0.0384. The maximum Gasteiger partial charge on any atom is 0.315 e. The molecular weight excluding hydrogens is 302 g/mol. The Balaban J connectivity index is 2.59. The van der Waals surface area contributed by atoms with E-state index in [-0.39, 0.29) is 28.7 Å². The highest BCUT2D eigenvalue weighted by atomic mass is 32.2. The number of amides is 1. The number of carbonyl (C=O) groups is 3. The summed E-state index contributed by atoms with van der Waals surface area (Å²) in [4.78, 5) is 34.8. The summed E-state index contributed by atoms with van der Waals surface area (Å²) >= 11 is 1.24. The fourth-order valence-electron chi connectivity index (χ4n) is 1.73. The molecule has 1 rings (SSSR count). The summed E-state index contributed by atoms with van der Waals surface area (Å²) in [5.74, 6) is -0.295. The quantitative estimate of drug-likeness (QED) is 0.588. The van der Waals surface area contributed by atoms with Crippen molar-refractivity contribution in [1.29, 1.82) is 0 Å². The molecule has 120 valence electrons. The molecule has 0 aliphatic rings. The molecule has 0 radical (unpaired) electrons. The first-order valence-electron chi connectivity index (χ1n) is 7.10. The number of nitrogens with one attached hydrogen (secondary N) is 1. The number of rotatable bonds is 8. The molecule has 1 aromatic rings. The van der Waals surface area contributed by atoms with E-state index in [2.05, 4.69) is 10.1 Å². The van der Waals surface area contributed by atoms with Crippen LogP contribution in [0, 0.1) is 0 Å². The van der Waals surface area contributed by atoms with Crippen molar-refractivity contribution < 1.29 is 19.1 Å². The summed E-state index contributed by atoms with van der Waals surface area (Å²) in [6, 6.07) is 6.77. The highest BCUT2D eigenvalue weighted by molar-refractivity contribution is 8.01. The van der Waals surface area contributed by atoms with E-state index in [4.69, 9.17) is 0 Å². The Morgan fingerprint density at radius 3 is 2.41 bits per heavy atom. The second kappa shape index (κ2) is 9.25. The number of ether oxygens (including phenoxy) is 1. The number of hydrogen-bond acceptors (Lipinski definition) is 5. The summed E-state index contributed by atoms with van der Waals surface area (Å²) in [5, 5.41) is 2.44. The third-order valence-electron chi connectivity index (χ3n) is 2.98. The van der Waals surface area contributed by atoms with Gasteiger partial charge in [-0.2, -0.15) is 0 Å². The molecule has 0 heterocycles. The molecule has 1 atom stereocenters. The lowest BCUT2D eigenvalue weighted by molar-refractivity contribution is -0.137. The molecule has 0 spiro atoms. The first kappa shape index (κ1) is 18.2. The molecule has 6 heteroatoms. The lowest BCUT2D eigenvalue weighted by Gasteiger charge is -2.10. The van der Waals surface area contributed by atoms with Crippen molar-refractivity contribution in [3.05, 3.63) is 29.8 Å². The number of thioether (sulfide) groups is 1. The Morgan fingerprint density at radius 2 is 1.86 bits per heavy atom. The maximum absolute atomic E-state index is 12.2. The molecule has 0 bridgehead atoms. The van der Waals surface area contributed by atoms with Crippen molar-refractivity contribution >= 4 is 35.1 Å². The molecule has 1 aromatic carbocycles.